The first-order chi connectivity index (χ1) is 10.6. The van der Waals surface area contributed by atoms with Gasteiger partial charge in [-0.2, -0.15) is 0 Å². The smallest absolute Gasteiger partial charge is 0.266 e. The summed E-state index contributed by atoms with van der Waals surface area (Å²) in [6.45, 7) is 1.83. The highest BCUT2D eigenvalue weighted by atomic mass is 32.2. The van der Waals surface area contributed by atoms with Crippen molar-refractivity contribution < 1.29 is 8.42 Å². The fraction of sp³-hybridized carbons (Fsp3) is 0.400. The summed E-state index contributed by atoms with van der Waals surface area (Å²) in [5.41, 5.74) is 2.44. The molecule has 22 heavy (non-hydrogen) atoms. The molecule has 1 saturated heterocycles. The highest BCUT2D eigenvalue weighted by Gasteiger charge is 2.27. The molecule has 2 heterocycles. The predicted octanol–water partition coefficient (Wildman–Crippen LogP) is 2.96. The summed E-state index contributed by atoms with van der Waals surface area (Å²) in [6.07, 6.45) is 5.01. The first-order valence-electron chi connectivity index (χ1n) is 7.32. The molecule has 0 aliphatic carbocycles. The van der Waals surface area contributed by atoms with Crippen molar-refractivity contribution in [2.24, 2.45) is 0 Å². The molecule has 0 bridgehead atoms. The average molecular weight is 337 g/mol. The van der Waals surface area contributed by atoms with Crippen molar-refractivity contribution in [2.45, 2.75) is 24.2 Å². The fourth-order valence-electron chi connectivity index (χ4n) is 2.70. The van der Waals surface area contributed by atoms with Crippen LogP contribution in [0, 0.1) is 0 Å². The van der Waals surface area contributed by atoms with E-state index in [4.69, 9.17) is 0 Å². The molecule has 0 atom stereocenters. The van der Waals surface area contributed by atoms with E-state index in [9.17, 15) is 8.42 Å². The lowest BCUT2D eigenvalue weighted by Gasteiger charge is -2.31. The quantitative estimate of drug-likeness (QED) is 0.861. The van der Waals surface area contributed by atoms with Crippen LogP contribution in [0.25, 0.3) is 0 Å². The lowest BCUT2D eigenvalue weighted by molar-refractivity contribution is 0.570. The standard InChI is InChI=1S/C15H19N3O2S2/c1-17(15-11-16-12-21-15)22(19,20)14-8-4-3-7-13(14)18-9-5-2-6-10-18/h3-4,7-8,11-12H,2,5-6,9-10H2,1H3. The summed E-state index contributed by atoms with van der Waals surface area (Å²) in [4.78, 5) is 6.51. The molecule has 0 unspecified atom stereocenters. The molecule has 1 aliphatic heterocycles. The number of hydrogen-bond acceptors (Lipinski definition) is 5. The molecular weight excluding hydrogens is 318 g/mol. The number of piperidine rings is 1. The molecule has 2 aromatic rings. The van der Waals surface area contributed by atoms with Gasteiger partial charge in [-0.15, -0.1) is 11.3 Å². The summed E-state index contributed by atoms with van der Waals surface area (Å²) < 4.78 is 27.3. The Labute approximate surface area is 135 Å². The molecule has 1 fully saturated rings. The number of benzene rings is 1. The molecule has 0 spiro atoms. The second kappa shape index (κ2) is 6.26. The topological polar surface area (TPSA) is 53.5 Å². The zero-order chi connectivity index (χ0) is 15.6. The minimum Gasteiger partial charge on any atom is -0.370 e. The van der Waals surface area contributed by atoms with Gasteiger partial charge in [0, 0.05) is 20.1 Å². The summed E-state index contributed by atoms with van der Waals surface area (Å²) >= 11 is 1.32. The van der Waals surface area contributed by atoms with E-state index in [0.717, 1.165) is 31.6 Å². The van der Waals surface area contributed by atoms with E-state index in [1.165, 1.54) is 22.1 Å². The maximum absolute atomic E-state index is 13.0. The van der Waals surface area contributed by atoms with Gasteiger partial charge in [0.2, 0.25) is 0 Å². The number of thiazole rings is 1. The zero-order valence-electron chi connectivity index (χ0n) is 12.5. The molecule has 118 valence electrons. The van der Waals surface area contributed by atoms with Crippen LogP contribution in [0.2, 0.25) is 0 Å². The third kappa shape index (κ3) is 2.83. The number of nitrogens with zero attached hydrogens (tertiary/aromatic N) is 3. The Morgan fingerprint density at radius 1 is 1.18 bits per heavy atom. The van der Waals surface area contributed by atoms with Gasteiger partial charge in [0.1, 0.15) is 9.90 Å². The molecule has 0 saturated carbocycles. The van der Waals surface area contributed by atoms with E-state index in [-0.39, 0.29) is 0 Å². The largest absolute Gasteiger partial charge is 0.370 e. The molecule has 5 nitrogen and oxygen atoms in total. The second-order valence-corrected chi connectivity index (χ2v) is 8.13. The highest BCUT2D eigenvalue weighted by molar-refractivity contribution is 7.93. The van der Waals surface area contributed by atoms with Crippen LogP contribution in [0.15, 0.2) is 40.9 Å². The van der Waals surface area contributed by atoms with Gasteiger partial charge >= 0.3 is 0 Å². The Hall–Kier alpha value is -1.60. The Kier molecular flexibility index (Phi) is 4.35. The van der Waals surface area contributed by atoms with Gasteiger partial charge in [0.25, 0.3) is 10.0 Å². The highest BCUT2D eigenvalue weighted by Crippen LogP contribution is 2.32. The number of rotatable bonds is 4. The van der Waals surface area contributed by atoms with Gasteiger partial charge in [-0.25, -0.2) is 8.42 Å². The predicted molar refractivity (Wildman–Crippen MR) is 90.2 cm³/mol. The van der Waals surface area contributed by atoms with Crippen molar-refractivity contribution in [1.82, 2.24) is 4.98 Å². The van der Waals surface area contributed by atoms with E-state index in [0.29, 0.717) is 9.90 Å². The van der Waals surface area contributed by atoms with Gasteiger partial charge in [-0.3, -0.25) is 9.29 Å². The van der Waals surface area contributed by atoms with Crippen LogP contribution in [0.5, 0.6) is 0 Å². The van der Waals surface area contributed by atoms with E-state index >= 15 is 0 Å². The number of sulfonamides is 1. The van der Waals surface area contributed by atoms with Crippen LogP contribution < -0.4 is 9.21 Å². The van der Waals surface area contributed by atoms with Crippen LogP contribution in [-0.2, 0) is 10.0 Å². The first-order valence-corrected chi connectivity index (χ1v) is 9.64. The van der Waals surface area contributed by atoms with Crippen molar-refractivity contribution in [1.29, 1.82) is 0 Å². The minimum absolute atomic E-state index is 0.368. The Morgan fingerprint density at radius 2 is 1.91 bits per heavy atom. The summed E-state index contributed by atoms with van der Waals surface area (Å²) in [5.74, 6) is 0. The molecule has 3 rings (SSSR count). The van der Waals surface area contributed by atoms with E-state index < -0.39 is 10.0 Å². The van der Waals surface area contributed by atoms with Crippen LogP contribution in [0.1, 0.15) is 19.3 Å². The van der Waals surface area contributed by atoms with Gasteiger partial charge < -0.3 is 4.90 Å². The maximum Gasteiger partial charge on any atom is 0.266 e. The third-order valence-electron chi connectivity index (χ3n) is 3.93. The maximum atomic E-state index is 13.0. The second-order valence-electron chi connectivity index (χ2n) is 5.33. The Balaban J connectivity index is 2.00. The minimum atomic E-state index is -3.58. The van der Waals surface area contributed by atoms with Crippen LogP contribution in [-0.4, -0.2) is 33.5 Å². The monoisotopic (exact) mass is 337 g/mol. The molecule has 0 radical (unpaired) electrons. The summed E-state index contributed by atoms with van der Waals surface area (Å²) in [5, 5.41) is 0.619. The molecule has 1 aromatic carbocycles. The third-order valence-corrected chi connectivity index (χ3v) is 6.71. The van der Waals surface area contributed by atoms with E-state index in [2.05, 4.69) is 9.88 Å². The number of aromatic nitrogens is 1. The van der Waals surface area contributed by atoms with Crippen molar-refractivity contribution in [3.8, 4) is 0 Å². The zero-order valence-corrected chi connectivity index (χ0v) is 14.1. The van der Waals surface area contributed by atoms with Crippen LogP contribution >= 0.6 is 11.3 Å². The van der Waals surface area contributed by atoms with Gasteiger partial charge in [-0.05, 0) is 31.4 Å². The fourth-order valence-corrected chi connectivity index (χ4v) is 4.92. The Bertz CT molecular complexity index is 723. The molecule has 1 aromatic heterocycles. The molecule has 1 aliphatic rings. The Morgan fingerprint density at radius 3 is 2.59 bits per heavy atom. The molecule has 0 amide bonds. The lowest BCUT2D eigenvalue weighted by atomic mass is 10.1. The molecular formula is C15H19N3O2S2. The average Bonchev–Trinajstić information content (AvgIpc) is 3.09. The van der Waals surface area contributed by atoms with E-state index in [1.807, 2.05) is 12.1 Å². The van der Waals surface area contributed by atoms with Crippen LogP contribution in [0.3, 0.4) is 0 Å². The van der Waals surface area contributed by atoms with Gasteiger partial charge in [0.15, 0.2) is 0 Å². The number of anilines is 2. The van der Waals surface area contributed by atoms with Gasteiger partial charge in [-0.1, -0.05) is 12.1 Å². The van der Waals surface area contributed by atoms with Gasteiger partial charge in [0.05, 0.1) is 17.4 Å². The first kappa shape index (κ1) is 15.3. The van der Waals surface area contributed by atoms with Crippen molar-refractivity contribution >= 4 is 32.0 Å². The van der Waals surface area contributed by atoms with Crippen molar-refractivity contribution in [3.63, 3.8) is 0 Å². The SMILES string of the molecule is CN(c1cncs1)S(=O)(=O)c1ccccc1N1CCCCC1. The summed E-state index contributed by atoms with van der Waals surface area (Å²) in [6, 6.07) is 7.27. The normalized spacial score (nSPS) is 15.8. The lowest BCUT2D eigenvalue weighted by Crippen LogP contribution is -2.33. The van der Waals surface area contributed by atoms with Crippen molar-refractivity contribution in [3.05, 3.63) is 36.0 Å². The summed E-state index contributed by atoms with van der Waals surface area (Å²) in [7, 11) is -2.00. The van der Waals surface area contributed by atoms with E-state index in [1.54, 1.807) is 30.9 Å². The number of para-hydroxylation sites is 1. The molecule has 7 heteroatoms. The van der Waals surface area contributed by atoms with Crippen molar-refractivity contribution in [2.75, 3.05) is 29.3 Å². The number of hydrogen-bond donors (Lipinski definition) is 0. The van der Waals surface area contributed by atoms with Crippen LogP contribution in [0.4, 0.5) is 10.7 Å². The molecule has 0 N–H and O–H groups in total.